The zero-order chi connectivity index (χ0) is 20.9. The zero-order valence-corrected chi connectivity index (χ0v) is 16.9. The van der Waals surface area contributed by atoms with E-state index in [0.717, 1.165) is 11.1 Å². The van der Waals surface area contributed by atoms with Crippen LogP contribution in [0.5, 0.6) is 0 Å². The third kappa shape index (κ3) is 5.75. The van der Waals surface area contributed by atoms with Gasteiger partial charge in [0.1, 0.15) is 5.82 Å². The second kappa shape index (κ2) is 8.69. The predicted octanol–water partition coefficient (Wildman–Crippen LogP) is 4.78. The Kier molecular flexibility index (Phi) is 6.07. The Balaban J connectivity index is 1.70. The number of hydrogen-bond acceptors (Lipinski definition) is 3. The van der Waals surface area contributed by atoms with Crippen molar-refractivity contribution >= 4 is 17.6 Å². The molecule has 3 rings (SSSR count). The summed E-state index contributed by atoms with van der Waals surface area (Å²) in [7, 11) is 0. The van der Waals surface area contributed by atoms with Gasteiger partial charge in [-0.25, -0.2) is 4.98 Å². The summed E-state index contributed by atoms with van der Waals surface area (Å²) in [6.45, 7) is 6.84. The lowest BCUT2D eigenvalue weighted by atomic mass is 9.96. The maximum atomic E-state index is 12.4. The van der Waals surface area contributed by atoms with Crippen LogP contribution in [0, 0.1) is 5.41 Å². The number of hydrogen-bond donors (Lipinski definition) is 2. The van der Waals surface area contributed by atoms with Crippen LogP contribution in [-0.2, 0) is 0 Å². The number of carbonyl (C=O) groups is 2. The largest absolute Gasteiger partial charge is 0.352 e. The Bertz CT molecular complexity index is 991. The molecule has 0 aliphatic heterocycles. The highest BCUT2D eigenvalue weighted by Crippen LogP contribution is 2.21. The molecular weight excluding hydrogens is 362 g/mol. The lowest BCUT2D eigenvalue weighted by Gasteiger charge is -2.18. The first-order chi connectivity index (χ1) is 13.8. The molecule has 2 aromatic carbocycles. The van der Waals surface area contributed by atoms with Crippen LogP contribution in [0.15, 0.2) is 72.9 Å². The number of carbonyl (C=O) groups excluding carboxylic acids is 2. The summed E-state index contributed by atoms with van der Waals surface area (Å²) in [6.07, 6.45) is 1.69. The number of rotatable bonds is 5. The van der Waals surface area contributed by atoms with E-state index in [1.165, 1.54) is 0 Å². The summed E-state index contributed by atoms with van der Waals surface area (Å²) in [5.41, 5.74) is 2.97. The minimum Gasteiger partial charge on any atom is -0.352 e. The Labute approximate surface area is 171 Å². The summed E-state index contributed by atoms with van der Waals surface area (Å²) in [4.78, 5) is 29.0. The molecule has 5 nitrogen and oxygen atoms in total. The van der Waals surface area contributed by atoms with Gasteiger partial charge in [0.15, 0.2) is 0 Å². The van der Waals surface area contributed by atoms with Crippen LogP contribution < -0.4 is 10.6 Å². The van der Waals surface area contributed by atoms with Crippen molar-refractivity contribution < 1.29 is 9.59 Å². The van der Waals surface area contributed by atoms with Crippen molar-refractivity contribution in [3.05, 3.63) is 84.1 Å². The van der Waals surface area contributed by atoms with E-state index in [9.17, 15) is 9.59 Å². The number of nitrogens with zero attached hydrogens (tertiary/aromatic N) is 1. The van der Waals surface area contributed by atoms with Gasteiger partial charge >= 0.3 is 0 Å². The van der Waals surface area contributed by atoms with Gasteiger partial charge in [-0.05, 0) is 47.4 Å². The highest BCUT2D eigenvalue weighted by atomic mass is 16.2. The smallest absolute Gasteiger partial charge is 0.256 e. The molecule has 5 heteroatoms. The van der Waals surface area contributed by atoms with Crippen molar-refractivity contribution in [3.8, 4) is 11.1 Å². The summed E-state index contributed by atoms with van der Waals surface area (Å²) in [6, 6.07) is 20.0. The molecule has 3 aromatic rings. The van der Waals surface area contributed by atoms with Gasteiger partial charge in [-0.3, -0.25) is 9.59 Å². The number of pyridine rings is 1. The zero-order valence-electron chi connectivity index (χ0n) is 16.9. The SMILES string of the molecule is CC(C)(C)CNC(=O)c1cccc(-c2ccc(NC(=O)c3ccccc3)nc2)c1. The average Bonchev–Trinajstić information content (AvgIpc) is 2.73. The van der Waals surface area contributed by atoms with E-state index in [4.69, 9.17) is 0 Å². The normalized spacial score (nSPS) is 11.0. The topological polar surface area (TPSA) is 71.1 Å². The molecule has 0 fully saturated rings. The monoisotopic (exact) mass is 387 g/mol. The summed E-state index contributed by atoms with van der Waals surface area (Å²) in [5, 5.41) is 5.74. The molecule has 0 saturated heterocycles. The molecule has 0 saturated carbocycles. The van der Waals surface area contributed by atoms with Gasteiger partial charge in [0.2, 0.25) is 0 Å². The number of benzene rings is 2. The second-order valence-electron chi connectivity index (χ2n) is 8.08. The van der Waals surface area contributed by atoms with Gasteiger partial charge in [-0.15, -0.1) is 0 Å². The van der Waals surface area contributed by atoms with Crippen LogP contribution in [0.4, 0.5) is 5.82 Å². The van der Waals surface area contributed by atoms with Crippen LogP contribution >= 0.6 is 0 Å². The molecule has 29 heavy (non-hydrogen) atoms. The molecule has 1 aromatic heterocycles. The summed E-state index contributed by atoms with van der Waals surface area (Å²) < 4.78 is 0. The summed E-state index contributed by atoms with van der Waals surface area (Å²) >= 11 is 0. The maximum absolute atomic E-state index is 12.4. The van der Waals surface area contributed by atoms with Gasteiger partial charge in [0.25, 0.3) is 11.8 Å². The molecule has 1 heterocycles. The van der Waals surface area contributed by atoms with Gasteiger partial charge in [-0.1, -0.05) is 51.1 Å². The lowest BCUT2D eigenvalue weighted by molar-refractivity contribution is 0.0938. The van der Waals surface area contributed by atoms with Crippen molar-refractivity contribution in [2.75, 3.05) is 11.9 Å². The fourth-order valence-electron chi connectivity index (χ4n) is 2.70. The van der Waals surface area contributed by atoms with Crippen molar-refractivity contribution in [1.82, 2.24) is 10.3 Å². The van der Waals surface area contributed by atoms with Crippen LogP contribution in [-0.4, -0.2) is 23.3 Å². The summed E-state index contributed by atoms with van der Waals surface area (Å²) in [5.74, 6) is 0.173. The van der Waals surface area contributed by atoms with Crippen LogP contribution in [0.3, 0.4) is 0 Å². The minimum absolute atomic E-state index is 0.0250. The maximum Gasteiger partial charge on any atom is 0.256 e. The molecule has 0 bridgehead atoms. The van der Waals surface area contributed by atoms with Gasteiger partial charge in [-0.2, -0.15) is 0 Å². The Hall–Kier alpha value is -3.47. The van der Waals surface area contributed by atoms with E-state index in [0.29, 0.717) is 23.5 Å². The number of amides is 2. The third-order valence-electron chi connectivity index (χ3n) is 4.28. The molecule has 0 radical (unpaired) electrons. The molecular formula is C24H25N3O2. The molecule has 0 aliphatic rings. The second-order valence-corrected chi connectivity index (χ2v) is 8.08. The molecule has 0 unspecified atom stereocenters. The predicted molar refractivity (Wildman–Crippen MR) is 116 cm³/mol. The third-order valence-corrected chi connectivity index (χ3v) is 4.28. The number of nitrogens with one attached hydrogen (secondary N) is 2. The molecule has 0 atom stereocenters. The Morgan fingerprint density at radius 3 is 2.21 bits per heavy atom. The fraction of sp³-hybridized carbons (Fsp3) is 0.208. The first-order valence-corrected chi connectivity index (χ1v) is 9.53. The lowest BCUT2D eigenvalue weighted by Crippen LogP contribution is -2.32. The van der Waals surface area contributed by atoms with E-state index < -0.39 is 0 Å². The number of aromatic nitrogens is 1. The Morgan fingerprint density at radius 1 is 0.828 bits per heavy atom. The fourth-order valence-corrected chi connectivity index (χ4v) is 2.70. The molecule has 2 N–H and O–H groups in total. The van der Waals surface area contributed by atoms with Crippen molar-refractivity contribution in [2.24, 2.45) is 5.41 Å². The van der Waals surface area contributed by atoms with E-state index in [1.54, 1.807) is 30.5 Å². The van der Waals surface area contributed by atoms with E-state index in [-0.39, 0.29) is 17.2 Å². The minimum atomic E-state index is -0.205. The Morgan fingerprint density at radius 2 is 1.55 bits per heavy atom. The molecule has 148 valence electrons. The average molecular weight is 387 g/mol. The van der Waals surface area contributed by atoms with Crippen LogP contribution in [0.1, 0.15) is 41.5 Å². The van der Waals surface area contributed by atoms with E-state index in [2.05, 4.69) is 36.4 Å². The molecule has 0 aliphatic carbocycles. The molecule has 2 amide bonds. The van der Waals surface area contributed by atoms with E-state index in [1.807, 2.05) is 42.5 Å². The van der Waals surface area contributed by atoms with Gasteiger partial charge < -0.3 is 10.6 Å². The quantitative estimate of drug-likeness (QED) is 0.662. The first kappa shape index (κ1) is 20.3. The number of anilines is 1. The highest BCUT2D eigenvalue weighted by Gasteiger charge is 2.13. The standard InChI is InChI=1S/C24H25N3O2/c1-24(2,3)16-26-22(28)19-11-7-10-18(14-19)20-12-13-21(25-15-20)27-23(29)17-8-5-4-6-9-17/h4-15H,16H2,1-3H3,(H,26,28)(H,25,27,29). The van der Waals surface area contributed by atoms with Crippen molar-refractivity contribution in [1.29, 1.82) is 0 Å². The van der Waals surface area contributed by atoms with Crippen molar-refractivity contribution in [3.63, 3.8) is 0 Å². The highest BCUT2D eigenvalue weighted by molar-refractivity contribution is 6.03. The first-order valence-electron chi connectivity index (χ1n) is 9.53. The van der Waals surface area contributed by atoms with Gasteiger partial charge in [0, 0.05) is 29.4 Å². The van der Waals surface area contributed by atoms with Gasteiger partial charge in [0.05, 0.1) is 0 Å². The van der Waals surface area contributed by atoms with Crippen molar-refractivity contribution in [2.45, 2.75) is 20.8 Å². The van der Waals surface area contributed by atoms with Crippen LogP contribution in [0.25, 0.3) is 11.1 Å². The molecule has 0 spiro atoms. The van der Waals surface area contributed by atoms with E-state index >= 15 is 0 Å². The van der Waals surface area contributed by atoms with Crippen LogP contribution in [0.2, 0.25) is 0 Å².